The Labute approximate surface area is 123 Å². The number of anilines is 1. The largest absolute Gasteiger partial charge is 0.444 e. The van der Waals surface area contributed by atoms with Crippen LogP contribution in [0.5, 0.6) is 0 Å². The van der Waals surface area contributed by atoms with Crippen LogP contribution in [0.2, 0.25) is 0 Å². The number of carbonyl (C=O) groups excluding carboxylic acids is 2. The standard InChI is InChI=1S/C15H21N3O3/c1-14(2)4-6-15(7-5-14,13(17)20)21-12(19)11-9-10(16)3-8-18-11/h3,8-9H,4-7H2,1-2H3,(H2,16,18)(H2,17,20). The third kappa shape index (κ3) is 3.32. The van der Waals surface area contributed by atoms with Gasteiger partial charge in [-0.25, -0.2) is 9.78 Å². The van der Waals surface area contributed by atoms with Gasteiger partial charge in [0.05, 0.1) is 0 Å². The maximum atomic E-state index is 12.2. The molecular weight excluding hydrogens is 270 g/mol. The van der Waals surface area contributed by atoms with E-state index >= 15 is 0 Å². The number of ether oxygens (including phenoxy) is 1. The van der Waals surface area contributed by atoms with Crippen LogP contribution in [-0.2, 0) is 9.53 Å². The van der Waals surface area contributed by atoms with E-state index in [1.807, 2.05) is 0 Å². The minimum Gasteiger partial charge on any atom is -0.444 e. The molecule has 0 unspecified atom stereocenters. The van der Waals surface area contributed by atoms with Crippen LogP contribution in [0.25, 0.3) is 0 Å². The number of pyridine rings is 1. The predicted molar refractivity (Wildman–Crippen MR) is 78.2 cm³/mol. The topological polar surface area (TPSA) is 108 Å². The van der Waals surface area contributed by atoms with Crippen LogP contribution in [0.15, 0.2) is 18.3 Å². The molecule has 6 nitrogen and oxygen atoms in total. The summed E-state index contributed by atoms with van der Waals surface area (Å²) in [7, 11) is 0. The predicted octanol–water partition coefficient (Wildman–Crippen LogP) is 1.64. The second-order valence-corrected chi connectivity index (χ2v) is 6.39. The molecule has 0 atom stereocenters. The Morgan fingerprint density at radius 3 is 2.38 bits per heavy atom. The average molecular weight is 291 g/mol. The zero-order chi connectivity index (χ0) is 15.7. The van der Waals surface area contributed by atoms with E-state index in [1.165, 1.54) is 12.3 Å². The Kier molecular flexibility index (Phi) is 3.89. The fourth-order valence-electron chi connectivity index (χ4n) is 2.52. The highest BCUT2D eigenvalue weighted by Crippen LogP contribution is 2.42. The Morgan fingerprint density at radius 1 is 1.24 bits per heavy atom. The van der Waals surface area contributed by atoms with Gasteiger partial charge in [-0.2, -0.15) is 0 Å². The summed E-state index contributed by atoms with van der Waals surface area (Å²) in [5, 5.41) is 0. The lowest BCUT2D eigenvalue weighted by Crippen LogP contribution is -2.51. The molecule has 1 aliphatic carbocycles. The minimum absolute atomic E-state index is 0.0838. The molecule has 1 fully saturated rings. The van der Waals surface area contributed by atoms with E-state index in [9.17, 15) is 9.59 Å². The van der Waals surface area contributed by atoms with Crippen molar-refractivity contribution in [1.29, 1.82) is 0 Å². The van der Waals surface area contributed by atoms with Crippen molar-refractivity contribution in [2.45, 2.75) is 45.1 Å². The van der Waals surface area contributed by atoms with E-state index in [-0.39, 0.29) is 11.1 Å². The molecule has 2 rings (SSSR count). The molecule has 0 radical (unpaired) electrons. The highest BCUT2D eigenvalue weighted by atomic mass is 16.6. The zero-order valence-electron chi connectivity index (χ0n) is 12.4. The minimum atomic E-state index is -1.24. The fourth-order valence-corrected chi connectivity index (χ4v) is 2.52. The Morgan fingerprint density at radius 2 is 1.86 bits per heavy atom. The first-order valence-corrected chi connectivity index (χ1v) is 6.99. The second kappa shape index (κ2) is 5.35. The number of carbonyl (C=O) groups is 2. The second-order valence-electron chi connectivity index (χ2n) is 6.39. The third-order valence-corrected chi connectivity index (χ3v) is 4.14. The number of amides is 1. The molecule has 1 aromatic heterocycles. The number of hydrogen-bond donors (Lipinski definition) is 2. The zero-order valence-corrected chi connectivity index (χ0v) is 12.4. The van der Waals surface area contributed by atoms with Crippen LogP contribution in [0.4, 0.5) is 5.69 Å². The van der Waals surface area contributed by atoms with Crippen molar-refractivity contribution < 1.29 is 14.3 Å². The van der Waals surface area contributed by atoms with Crippen LogP contribution >= 0.6 is 0 Å². The first-order valence-electron chi connectivity index (χ1n) is 6.99. The third-order valence-electron chi connectivity index (χ3n) is 4.14. The maximum Gasteiger partial charge on any atom is 0.358 e. The van der Waals surface area contributed by atoms with Crippen molar-refractivity contribution in [1.82, 2.24) is 4.98 Å². The normalized spacial score (nSPS) is 19.7. The van der Waals surface area contributed by atoms with Crippen LogP contribution in [0.3, 0.4) is 0 Å². The summed E-state index contributed by atoms with van der Waals surface area (Å²) in [6, 6.07) is 2.99. The molecule has 0 bridgehead atoms. The maximum absolute atomic E-state index is 12.2. The molecule has 21 heavy (non-hydrogen) atoms. The number of primary amides is 1. The monoisotopic (exact) mass is 291 g/mol. The molecule has 4 N–H and O–H groups in total. The molecule has 1 amide bonds. The van der Waals surface area contributed by atoms with Crippen molar-refractivity contribution in [2.75, 3.05) is 5.73 Å². The molecule has 1 heterocycles. The van der Waals surface area contributed by atoms with Crippen molar-refractivity contribution in [3.63, 3.8) is 0 Å². The van der Waals surface area contributed by atoms with Gasteiger partial charge in [0.25, 0.3) is 5.91 Å². The molecule has 0 saturated heterocycles. The first-order chi connectivity index (χ1) is 9.74. The van der Waals surface area contributed by atoms with Gasteiger partial charge in [0.2, 0.25) is 0 Å². The highest BCUT2D eigenvalue weighted by Gasteiger charge is 2.46. The lowest BCUT2D eigenvalue weighted by Gasteiger charge is -2.40. The number of nitrogen functional groups attached to an aromatic ring is 1. The van der Waals surface area contributed by atoms with E-state index in [2.05, 4.69) is 18.8 Å². The van der Waals surface area contributed by atoms with Crippen molar-refractivity contribution in [3.05, 3.63) is 24.0 Å². The number of nitrogens with two attached hydrogens (primary N) is 2. The first kappa shape index (κ1) is 15.3. The van der Waals surface area contributed by atoms with Gasteiger partial charge in [-0.05, 0) is 43.2 Å². The molecule has 1 aliphatic rings. The molecular formula is C15H21N3O3. The summed E-state index contributed by atoms with van der Waals surface area (Å²) in [4.78, 5) is 27.9. The van der Waals surface area contributed by atoms with E-state index in [0.29, 0.717) is 18.5 Å². The molecule has 0 spiro atoms. The van der Waals surface area contributed by atoms with Gasteiger partial charge < -0.3 is 16.2 Å². The fraction of sp³-hybridized carbons (Fsp3) is 0.533. The number of esters is 1. The van der Waals surface area contributed by atoms with Gasteiger partial charge in [0.1, 0.15) is 5.69 Å². The van der Waals surface area contributed by atoms with E-state index < -0.39 is 17.5 Å². The van der Waals surface area contributed by atoms with Crippen molar-refractivity contribution >= 4 is 17.6 Å². The molecule has 1 saturated carbocycles. The van der Waals surface area contributed by atoms with Crippen LogP contribution in [0.1, 0.15) is 50.0 Å². The summed E-state index contributed by atoms with van der Waals surface area (Å²) in [6.07, 6.45) is 3.83. The molecule has 0 aromatic carbocycles. The molecule has 1 aromatic rings. The van der Waals surface area contributed by atoms with E-state index in [0.717, 1.165) is 12.8 Å². The summed E-state index contributed by atoms with van der Waals surface area (Å²) < 4.78 is 5.44. The van der Waals surface area contributed by atoms with Gasteiger partial charge >= 0.3 is 5.97 Å². The SMILES string of the molecule is CC1(C)CCC(OC(=O)c2cc(N)ccn2)(C(N)=O)CC1. The Bertz CT molecular complexity index is 559. The smallest absolute Gasteiger partial charge is 0.358 e. The summed E-state index contributed by atoms with van der Waals surface area (Å²) in [5.74, 6) is -1.27. The Hall–Kier alpha value is -2.11. The highest BCUT2D eigenvalue weighted by molar-refractivity contribution is 5.92. The summed E-state index contributed by atoms with van der Waals surface area (Å²) in [5.41, 5.74) is 10.5. The lowest BCUT2D eigenvalue weighted by molar-refractivity contribution is -0.143. The van der Waals surface area contributed by atoms with Crippen LogP contribution < -0.4 is 11.5 Å². The van der Waals surface area contributed by atoms with E-state index in [4.69, 9.17) is 16.2 Å². The number of hydrogen-bond acceptors (Lipinski definition) is 5. The quantitative estimate of drug-likeness (QED) is 0.823. The van der Waals surface area contributed by atoms with Gasteiger partial charge in [0.15, 0.2) is 5.60 Å². The van der Waals surface area contributed by atoms with Gasteiger partial charge in [-0.15, -0.1) is 0 Å². The van der Waals surface area contributed by atoms with Crippen molar-refractivity contribution in [2.24, 2.45) is 11.1 Å². The van der Waals surface area contributed by atoms with Crippen molar-refractivity contribution in [3.8, 4) is 0 Å². The average Bonchev–Trinajstić information content (AvgIpc) is 2.41. The van der Waals surface area contributed by atoms with Crippen LogP contribution in [-0.4, -0.2) is 22.5 Å². The molecule has 0 aliphatic heterocycles. The lowest BCUT2D eigenvalue weighted by atomic mass is 9.70. The summed E-state index contributed by atoms with van der Waals surface area (Å²) >= 11 is 0. The van der Waals surface area contributed by atoms with E-state index in [1.54, 1.807) is 6.07 Å². The number of rotatable bonds is 3. The summed E-state index contributed by atoms with van der Waals surface area (Å²) in [6.45, 7) is 4.25. The number of aromatic nitrogens is 1. The Balaban J connectivity index is 2.18. The van der Waals surface area contributed by atoms with Gasteiger partial charge in [-0.1, -0.05) is 13.8 Å². The van der Waals surface area contributed by atoms with Gasteiger partial charge in [-0.3, -0.25) is 4.79 Å². The van der Waals surface area contributed by atoms with Crippen LogP contribution in [0, 0.1) is 5.41 Å². The number of nitrogens with zero attached hydrogens (tertiary/aromatic N) is 1. The molecule has 114 valence electrons. The molecule has 6 heteroatoms. The van der Waals surface area contributed by atoms with Gasteiger partial charge in [0, 0.05) is 11.9 Å².